The van der Waals surface area contributed by atoms with E-state index < -0.39 is 5.60 Å². The molecule has 0 spiro atoms. The summed E-state index contributed by atoms with van der Waals surface area (Å²) in [6.45, 7) is 0.867. The highest BCUT2D eigenvalue weighted by molar-refractivity contribution is 9.10. The number of hydrogen-bond acceptors (Lipinski definition) is 2. The summed E-state index contributed by atoms with van der Waals surface area (Å²) in [7, 11) is 0. The highest BCUT2D eigenvalue weighted by Crippen LogP contribution is 2.45. The van der Waals surface area contributed by atoms with Gasteiger partial charge in [0.15, 0.2) is 0 Å². The van der Waals surface area contributed by atoms with Gasteiger partial charge in [-0.25, -0.2) is 0 Å². The Morgan fingerprint density at radius 1 is 1.44 bits per heavy atom. The molecule has 0 unspecified atom stereocenters. The molecule has 2 aliphatic rings. The Morgan fingerprint density at radius 2 is 2.11 bits per heavy atom. The second kappa shape index (κ2) is 4.22. The standard InChI is InChI=1S/C13H13BrClNO2/c14-9-3-4-10(11(15)5-9)12(17)16-6-13(18,7-16)8-1-2-8/h3-5,8,18H,1-2,6-7H2. The largest absolute Gasteiger partial charge is 0.386 e. The lowest BCUT2D eigenvalue weighted by Crippen LogP contribution is -2.64. The number of benzene rings is 1. The first-order valence-corrected chi connectivity index (χ1v) is 7.13. The SMILES string of the molecule is O=C(c1ccc(Br)cc1Cl)N1CC(O)(C2CC2)C1. The molecule has 1 saturated carbocycles. The van der Waals surface area contributed by atoms with Crippen LogP contribution in [0.15, 0.2) is 22.7 Å². The molecule has 5 heteroatoms. The van der Waals surface area contributed by atoms with Crippen LogP contribution in [-0.2, 0) is 0 Å². The van der Waals surface area contributed by atoms with Gasteiger partial charge in [0.05, 0.1) is 23.7 Å². The van der Waals surface area contributed by atoms with Crippen molar-refractivity contribution >= 4 is 33.4 Å². The highest BCUT2D eigenvalue weighted by Gasteiger charge is 2.53. The molecular formula is C13H13BrClNO2. The summed E-state index contributed by atoms with van der Waals surface area (Å²) in [6.07, 6.45) is 2.16. The summed E-state index contributed by atoms with van der Waals surface area (Å²) in [4.78, 5) is 13.9. The number of β-amino-alcohol motifs (C(OH)–C–C–N with tert-alkyl or cyclic N) is 1. The molecule has 1 heterocycles. The molecule has 3 nitrogen and oxygen atoms in total. The van der Waals surface area contributed by atoms with Crippen LogP contribution >= 0.6 is 27.5 Å². The molecule has 0 aromatic heterocycles. The average Bonchev–Trinajstić information content (AvgIpc) is 3.08. The van der Waals surface area contributed by atoms with Crippen molar-refractivity contribution in [1.82, 2.24) is 4.90 Å². The zero-order valence-electron chi connectivity index (χ0n) is 9.70. The first-order chi connectivity index (χ1) is 8.49. The minimum atomic E-state index is -0.641. The fraction of sp³-hybridized carbons (Fsp3) is 0.462. The van der Waals surface area contributed by atoms with Crippen LogP contribution in [0.1, 0.15) is 23.2 Å². The van der Waals surface area contributed by atoms with Crippen molar-refractivity contribution in [3.8, 4) is 0 Å². The molecule has 1 aliphatic heterocycles. The minimum Gasteiger partial charge on any atom is -0.386 e. The number of aliphatic hydroxyl groups is 1. The third-order valence-electron chi connectivity index (χ3n) is 3.72. The maximum Gasteiger partial charge on any atom is 0.255 e. The van der Waals surface area contributed by atoms with E-state index in [1.54, 1.807) is 23.1 Å². The molecule has 18 heavy (non-hydrogen) atoms. The topological polar surface area (TPSA) is 40.5 Å². The number of amides is 1. The molecule has 2 fully saturated rings. The molecule has 1 aliphatic carbocycles. The van der Waals surface area contributed by atoms with Gasteiger partial charge in [0.25, 0.3) is 5.91 Å². The molecule has 3 rings (SSSR count). The van der Waals surface area contributed by atoms with E-state index in [1.807, 2.05) is 0 Å². The van der Waals surface area contributed by atoms with Crippen LogP contribution in [0.25, 0.3) is 0 Å². The minimum absolute atomic E-state index is 0.0992. The highest BCUT2D eigenvalue weighted by atomic mass is 79.9. The quantitative estimate of drug-likeness (QED) is 0.906. The molecule has 1 aromatic carbocycles. The zero-order valence-corrected chi connectivity index (χ0v) is 12.0. The van der Waals surface area contributed by atoms with Crippen LogP contribution in [0.2, 0.25) is 5.02 Å². The summed E-state index contributed by atoms with van der Waals surface area (Å²) >= 11 is 9.37. The smallest absolute Gasteiger partial charge is 0.255 e. The molecule has 1 aromatic rings. The molecule has 1 amide bonds. The van der Waals surface area contributed by atoms with Gasteiger partial charge in [0.1, 0.15) is 5.60 Å². The number of rotatable bonds is 2. The normalized spacial score (nSPS) is 21.6. The summed E-state index contributed by atoms with van der Waals surface area (Å²) in [6, 6.07) is 5.22. The summed E-state index contributed by atoms with van der Waals surface area (Å²) < 4.78 is 0.849. The number of nitrogens with zero attached hydrogens (tertiary/aromatic N) is 1. The molecule has 1 N–H and O–H groups in total. The number of hydrogen-bond donors (Lipinski definition) is 1. The van der Waals surface area contributed by atoms with Crippen molar-refractivity contribution in [2.24, 2.45) is 5.92 Å². The predicted octanol–water partition coefficient (Wildman–Crippen LogP) is 2.70. The van der Waals surface area contributed by atoms with Crippen LogP contribution in [0.3, 0.4) is 0 Å². The van der Waals surface area contributed by atoms with Gasteiger partial charge in [0.2, 0.25) is 0 Å². The van der Waals surface area contributed by atoms with Crippen LogP contribution in [0.5, 0.6) is 0 Å². The van der Waals surface area contributed by atoms with Crippen LogP contribution < -0.4 is 0 Å². The lowest BCUT2D eigenvalue weighted by atomic mass is 9.88. The van der Waals surface area contributed by atoms with Gasteiger partial charge in [-0.3, -0.25) is 4.79 Å². The van der Waals surface area contributed by atoms with E-state index in [0.29, 0.717) is 29.6 Å². The summed E-state index contributed by atoms with van der Waals surface area (Å²) in [5.41, 5.74) is -0.143. The van der Waals surface area contributed by atoms with E-state index in [4.69, 9.17) is 11.6 Å². The fourth-order valence-electron chi connectivity index (χ4n) is 2.47. The van der Waals surface area contributed by atoms with Crippen LogP contribution in [0, 0.1) is 5.92 Å². The van der Waals surface area contributed by atoms with Crippen molar-refractivity contribution in [1.29, 1.82) is 0 Å². The van der Waals surface area contributed by atoms with Gasteiger partial charge < -0.3 is 10.0 Å². The van der Waals surface area contributed by atoms with E-state index in [-0.39, 0.29) is 5.91 Å². The van der Waals surface area contributed by atoms with Gasteiger partial charge >= 0.3 is 0 Å². The zero-order chi connectivity index (χ0) is 12.9. The number of halogens is 2. The summed E-state index contributed by atoms with van der Waals surface area (Å²) in [5, 5.41) is 10.6. The fourth-order valence-corrected chi connectivity index (χ4v) is 3.22. The van der Waals surface area contributed by atoms with Crippen molar-refractivity contribution in [3.05, 3.63) is 33.3 Å². The van der Waals surface area contributed by atoms with Gasteiger partial charge in [-0.05, 0) is 37.0 Å². The van der Waals surface area contributed by atoms with Crippen molar-refractivity contribution in [2.45, 2.75) is 18.4 Å². The van der Waals surface area contributed by atoms with E-state index in [2.05, 4.69) is 15.9 Å². The van der Waals surface area contributed by atoms with E-state index in [9.17, 15) is 9.90 Å². The Labute approximate surface area is 119 Å². The molecule has 0 bridgehead atoms. The monoisotopic (exact) mass is 329 g/mol. The van der Waals surface area contributed by atoms with E-state index >= 15 is 0 Å². The Bertz CT molecular complexity index is 510. The Kier molecular flexibility index (Phi) is 2.92. The average molecular weight is 331 g/mol. The second-order valence-electron chi connectivity index (χ2n) is 5.16. The molecule has 1 saturated heterocycles. The lowest BCUT2D eigenvalue weighted by molar-refractivity contribution is -0.0958. The number of carbonyl (C=O) groups excluding carboxylic acids is 1. The first-order valence-electron chi connectivity index (χ1n) is 5.96. The lowest BCUT2D eigenvalue weighted by Gasteiger charge is -2.47. The molecule has 96 valence electrons. The third kappa shape index (κ3) is 2.06. The molecule has 0 radical (unpaired) electrons. The Balaban J connectivity index is 1.72. The maximum absolute atomic E-state index is 12.2. The predicted molar refractivity (Wildman–Crippen MR) is 72.7 cm³/mol. The maximum atomic E-state index is 12.2. The van der Waals surface area contributed by atoms with Gasteiger partial charge in [-0.1, -0.05) is 27.5 Å². The van der Waals surface area contributed by atoms with Crippen LogP contribution in [-0.4, -0.2) is 34.6 Å². The first kappa shape index (κ1) is 12.5. The molecule has 0 atom stereocenters. The Hall–Kier alpha value is -0.580. The third-order valence-corrected chi connectivity index (χ3v) is 4.52. The van der Waals surface area contributed by atoms with Crippen molar-refractivity contribution in [2.75, 3.05) is 13.1 Å². The molecular weight excluding hydrogens is 318 g/mol. The van der Waals surface area contributed by atoms with Crippen molar-refractivity contribution < 1.29 is 9.90 Å². The second-order valence-corrected chi connectivity index (χ2v) is 6.49. The van der Waals surface area contributed by atoms with Gasteiger partial charge in [-0.15, -0.1) is 0 Å². The van der Waals surface area contributed by atoms with Gasteiger partial charge in [0, 0.05) is 4.47 Å². The van der Waals surface area contributed by atoms with E-state index in [1.165, 1.54) is 0 Å². The van der Waals surface area contributed by atoms with E-state index in [0.717, 1.165) is 17.3 Å². The Morgan fingerprint density at radius 3 is 2.67 bits per heavy atom. The number of carbonyl (C=O) groups is 1. The van der Waals surface area contributed by atoms with Crippen molar-refractivity contribution in [3.63, 3.8) is 0 Å². The van der Waals surface area contributed by atoms with Gasteiger partial charge in [-0.2, -0.15) is 0 Å². The van der Waals surface area contributed by atoms with Crippen LogP contribution in [0.4, 0.5) is 0 Å². The summed E-state index contributed by atoms with van der Waals surface area (Å²) in [5.74, 6) is 0.291. The number of likely N-dealkylation sites (tertiary alicyclic amines) is 1.